The summed E-state index contributed by atoms with van der Waals surface area (Å²) in [6.07, 6.45) is 0. The number of hydrogen-bond acceptors (Lipinski definition) is 2. The van der Waals surface area contributed by atoms with Crippen molar-refractivity contribution < 1.29 is 13.2 Å². The minimum absolute atomic E-state index is 0.147. The van der Waals surface area contributed by atoms with Crippen LogP contribution in [0.5, 0.6) is 0 Å². The fourth-order valence-electron chi connectivity index (χ4n) is 1.91. The summed E-state index contributed by atoms with van der Waals surface area (Å²) in [4.78, 5) is 7.07. The third-order valence-electron chi connectivity index (χ3n) is 2.91. The fraction of sp³-hybridized carbons (Fsp3) is 0.0714. The molecule has 0 fully saturated rings. The van der Waals surface area contributed by atoms with Crippen molar-refractivity contribution in [3.8, 4) is 0 Å². The predicted octanol–water partition coefficient (Wildman–Crippen LogP) is 3.59. The summed E-state index contributed by atoms with van der Waals surface area (Å²) in [6.45, 7) is 0.147. The summed E-state index contributed by atoms with van der Waals surface area (Å²) in [5.41, 5.74) is 1.47. The number of halogens is 3. The molecule has 6 heteroatoms. The van der Waals surface area contributed by atoms with E-state index in [0.29, 0.717) is 22.5 Å². The van der Waals surface area contributed by atoms with E-state index in [1.807, 2.05) is 0 Å². The molecule has 102 valence electrons. The van der Waals surface area contributed by atoms with Gasteiger partial charge in [-0.1, -0.05) is 6.07 Å². The number of nitrogens with one attached hydrogen (secondary N) is 2. The van der Waals surface area contributed by atoms with Gasteiger partial charge in [-0.3, -0.25) is 0 Å². The highest BCUT2D eigenvalue weighted by Crippen LogP contribution is 2.17. The third kappa shape index (κ3) is 2.45. The molecule has 0 atom stereocenters. The maximum Gasteiger partial charge on any atom is 0.201 e. The first-order valence-electron chi connectivity index (χ1n) is 5.95. The van der Waals surface area contributed by atoms with Crippen molar-refractivity contribution in [2.75, 3.05) is 5.32 Å². The number of anilines is 1. The summed E-state index contributed by atoms with van der Waals surface area (Å²) in [6, 6.07) is 7.56. The molecule has 0 bridgehead atoms. The molecular weight excluding hydrogens is 267 g/mol. The lowest BCUT2D eigenvalue weighted by molar-refractivity contribution is 0.574. The lowest BCUT2D eigenvalue weighted by Crippen LogP contribution is -2.03. The van der Waals surface area contributed by atoms with Gasteiger partial charge in [0.05, 0.1) is 11.0 Å². The number of fused-ring (bicyclic) bond motifs is 1. The number of benzene rings is 2. The van der Waals surface area contributed by atoms with Gasteiger partial charge >= 0.3 is 0 Å². The molecule has 0 aliphatic heterocycles. The van der Waals surface area contributed by atoms with Gasteiger partial charge in [-0.2, -0.15) is 0 Å². The Bertz CT molecular complexity index is 767. The number of nitrogens with zero attached hydrogens (tertiary/aromatic N) is 1. The maximum absolute atomic E-state index is 13.5. The highest BCUT2D eigenvalue weighted by Gasteiger charge is 2.06. The summed E-state index contributed by atoms with van der Waals surface area (Å²) in [5.74, 6) is -1.21. The summed E-state index contributed by atoms with van der Waals surface area (Å²) >= 11 is 0. The lowest BCUT2D eigenvalue weighted by Gasteiger charge is -2.04. The Morgan fingerprint density at radius 3 is 2.55 bits per heavy atom. The van der Waals surface area contributed by atoms with Crippen LogP contribution in [0.15, 0.2) is 36.4 Å². The zero-order valence-corrected chi connectivity index (χ0v) is 10.3. The van der Waals surface area contributed by atoms with Crippen molar-refractivity contribution in [1.82, 2.24) is 9.97 Å². The molecule has 3 aromatic rings. The third-order valence-corrected chi connectivity index (χ3v) is 2.91. The molecule has 3 nitrogen and oxygen atoms in total. The average molecular weight is 277 g/mol. The van der Waals surface area contributed by atoms with Crippen LogP contribution in [0.25, 0.3) is 11.0 Å². The second kappa shape index (κ2) is 4.88. The molecule has 0 saturated heterocycles. The molecule has 0 saturated carbocycles. The quantitative estimate of drug-likeness (QED) is 0.768. The molecule has 0 aliphatic rings. The second-order valence-corrected chi connectivity index (χ2v) is 4.34. The number of rotatable bonds is 3. The highest BCUT2D eigenvalue weighted by atomic mass is 19.1. The Balaban J connectivity index is 1.79. The number of H-pyrrole nitrogens is 1. The topological polar surface area (TPSA) is 40.7 Å². The van der Waals surface area contributed by atoms with E-state index in [1.165, 1.54) is 24.3 Å². The largest absolute Gasteiger partial charge is 0.352 e. The molecule has 0 spiro atoms. The Hall–Kier alpha value is -2.50. The zero-order chi connectivity index (χ0) is 14.1. The monoisotopic (exact) mass is 277 g/mol. The van der Waals surface area contributed by atoms with E-state index in [9.17, 15) is 13.2 Å². The summed E-state index contributed by atoms with van der Waals surface area (Å²) < 4.78 is 39.3. The van der Waals surface area contributed by atoms with E-state index in [2.05, 4.69) is 15.3 Å². The van der Waals surface area contributed by atoms with E-state index in [1.54, 1.807) is 6.07 Å². The van der Waals surface area contributed by atoms with E-state index < -0.39 is 11.6 Å². The summed E-state index contributed by atoms with van der Waals surface area (Å²) in [7, 11) is 0. The van der Waals surface area contributed by atoms with Crippen LogP contribution in [0, 0.1) is 17.5 Å². The number of hydrogen-bond donors (Lipinski definition) is 2. The molecule has 1 aromatic heterocycles. The smallest absolute Gasteiger partial charge is 0.201 e. The lowest BCUT2D eigenvalue weighted by atomic mass is 10.2. The molecule has 0 amide bonds. The van der Waals surface area contributed by atoms with Crippen LogP contribution in [0.1, 0.15) is 5.56 Å². The molecule has 1 heterocycles. The van der Waals surface area contributed by atoms with Crippen LogP contribution in [-0.2, 0) is 6.54 Å². The van der Waals surface area contributed by atoms with Gasteiger partial charge in [0.1, 0.15) is 17.5 Å². The maximum atomic E-state index is 13.5. The minimum atomic E-state index is -0.625. The van der Waals surface area contributed by atoms with E-state index in [4.69, 9.17) is 0 Å². The molecule has 3 rings (SSSR count). The minimum Gasteiger partial charge on any atom is -0.352 e. The van der Waals surface area contributed by atoms with Crippen LogP contribution in [0.3, 0.4) is 0 Å². The molecular formula is C14H10F3N3. The van der Waals surface area contributed by atoms with Gasteiger partial charge in [-0.15, -0.1) is 0 Å². The van der Waals surface area contributed by atoms with E-state index in [-0.39, 0.29) is 12.4 Å². The van der Waals surface area contributed by atoms with Crippen molar-refractivity contribution in [3.05, 3.63) is 59.4 Å². The Kier molecular flexibility index (Phi) is 3.06. The highest BCUT2D eigenvalue weighted by molar-refractivity contribution is 5.77. The fourth-order valence-corrected chi connectivity index (χ4v) is 1.91. The second-order valence-electron chi connectivity index (χ2n) is 4.34. The number of aromatic amines is 1. The van der Waals surface area contributed by atoms with Gasteiger partial charge in [-0.05, 0) is 24.3 Å². The Morgan fingerprint density at radius 1 is 1.00 bits per heavy atom. The molecule has 0 aliphatic carbocycles. The van der Waals surface area contributed by atoms with E-state index >= 15 is 0 Å². The molecule has 20 heavy (non-hydrogen) atoms. The zero-order valence-electron chi connectivity index (χ0n) is 10.3. The summed E-state index contributed by atoms with van der Waals surface area (Å²) in [5, 5.41) is 2.88. The number of imidazole rings is 1. The molecule has 2 N–H and O–H groups in total. The van der Waals surface area contributed by atoms with Crippen molar-refractivity contribution in [2.45, 2.75) is 6.54 Å². The average Bonchev–Trinajstić information content (AvgIpc) is 2.79. The van der Waals surface area contributed by atoms with Crippen molar-refractivity contribution in [2.24, 2.45) is 0 Å². The number of aromatic nitrogens is 2. The van der Waals surface area contributed by atoms with Gasteiger partial charge in [0.2, 0.25) is 5.95 Å². The van der Waals surface area contributed by atoms with Gasteiger partial charge in [-0.25, -0.2) is 18.2 Å². The first kappa shape index (κ1) is 12.5. The SMILES string of the molecule is Fc1ccc(CNc2nc3ccc(F)cc3[nH]2)c(F)c1. The van der Waals surface area contributed by atoms with Crippen molar-refractivity contribution in [1.29, 1.82) is 0 Å². The van der Waals surface area contributed by atoms with E-state index in [0.717, 1.165) is 6.07 Å². The molecule has 0 radical (unpaired) electrons. The molecule has 0 unspecified atom stereocenters. The van der Waals surface area contributed by atoms with Crippen LogP contribution >= 0.6 is 0 Å². The van der Waals surface area contributed by atoms with Gasteiger partial charge in [0, 0.05) is 18.2 Å². The first-order valence-corrected chi connectivity index (χ1v) is 5.95. The normalized spacial score (nSPS) is 10.9. The van der Waals surface area contributed by atoms with Gasteiger partial charge < -0.3 is 10.3 Å². The van der Waals surface area contributed by atoms with Gasteiger partial charge in [0.15, 0.2) is 0 Å². The van der Waals surface area contributed by atoms with Crippen LogP contribution in [0.2, 0.25) is 0 Å². The Morgan fingerprint density at radius 2 is 1.75 bits per heavy atom. The first-order chi connectivity index (χ1) is 9.61. The predicted molar refractivity (Wildman–Crippen MR) is 69.7 cm³/mol. The van der Waals surface area contributed by atoms with Crippen LogP contribution in [-0.4, -0.2) is 9.97 Å². The van der Waals surface area contributed by atoms with Crippen molar-refractivity contribution >= 4 is 17.0 Å². The van der Waals surface area contributed by atoms with Crippen LogP contribution < -0.4 is 5.32 Å². The van der Waals surface area contributed by atoms with Crippen molar-refractivity contribution in [3.63, 3.8) is 0 Å². The Labute approximate surface area is 112 Å². The molecule has 2 aromatic carbocycles. The van der Waals surface area contributed by atoms with Gasteiger partial charge in [0.25, 0.3) is 0 Å². The standard InChI is InChI=1S/C14H10F3N3/c15-9-2-1-8(11(17)5-9)7-18-14-19-12-4-3-10(16)6-13(12)20-14/h1-6H,7H2,(H2,18,19,20). The van der Waals surface area contributed by atoms with Crippen LogP contribution in [0.4, 0.5) is 19.1 Å².